The molecule has 6 heteroatoms. The molecule has 2 atom stereocenters. The molecular formula is C21H20N4O2. The van der Waals surface area contributed by atoms with Gasteiger partial charge >= 0.3 is 0 Å². The molecule has 2 aliphatic heterocycles. The van der Waals surface area contributed by atoms with E-state index in [1.54, 1.807) is 0 Å². The highest BCUT2D eigenvalue weighted by atomic mass is 16.5. The number of morpholine rings is 1. The molecule has 3 aromatic rings. The second-order valence-corrected chi connectivity index (χ2v) is 6.86. The average molecular weight is 360 g/mol. The van der Waals surface area contributed by atoms with Gasteiger partial charge in [0.15, 0.2) is 0 Å². The van der Waals surface area contributed by atoms with E-state index >= 15 is 0 Å². The number of fused-ring (bicyclic) bond motifs is 3. The van der Waals surface area contributed by atoms with Gasteiger partial charge in [0.25, 0.3) is 0 Å². The van der Waals surface area contributed by atoms with Gasteiger partial charge in [-0.1, -0.05) is 42.5 Å². The van der Waals surface area contributed by atoms with Crippen LogP contribution in [-0.2, 0) is 9.53 Å². The molecule has 6 nitrogen and oxygen atoms in total. The number of ether oxygens (including phenoxy) is 1. The summed E-state index contributed by atoms with van der Waals surface area (Å²) in [5.74, 6) is 1.09. The number of hydrogen-bond donors (Lipinski definition) is 0. The Balaban J connectivity index is 1.74. The lowest BCUT2D eigenvalue weighted by atomic mass is 9.90. The van der Waals surface area contributed by atoms with Crippen molar-refractivity contribution in [2.75, 3.05) is 26.3 Å². The van der Waals surface area contributed by atoms with E-state index in [0.29, 0.717) is 19.2 Å². The van der Waals surface area contributed by atoms with Gasteiger partial charge in [0.2, 0.25) is 5.95 Å². The number of imidazole rings is 1. The number of aromatic nitrogens is 2. The van der Waals surface area contributed by atoms with Gasteiger partial charge in [-0.3, -0.25) is 4.57 Å². The van der Waals surface area contributed by atoms with Crippen molar-refractivity contribution in [3.63, 3.8) is 0 Å². The zero-order valence-electron chi connectivity index (χ0n) is 14.9. The van der Waals surface area contributed by atoms with Crippen molar-refractivity contribution in [1.29, 1.82) is 0 Å². The summed E-state index contributed by atoms with van der Waals surface area (Å²) in [7, 11) is 0. The van der Waals surface area contributed by atoms with E-state index in [4.69, 9.17) is 14.7 Å². The van der Waals surface area contributed by atoms with E-state index in [2.05, 4.69) is 21.6 Å². The number of amidine groups is 1. The Morgan fingerprint density at radius 2 is 1.74 bits per heavy atom. The Bertz CT molecular complexity index is 1010. The van der Waals surface area contributed by atoms with Crippen molar-refractivity contribution in [2.45, 2.75) is 6.04 Å². The maximum Gasteiger partial charge on any atom is 0.232 e. The number of aliphatic imine (C=N–C) groups is 1. The standard InChI is InChI=1S/C21H20N4O2/c26-14-16-19(15-6-2-1-3-7-15)25-18-9-5-4-8-17(18)22-21(25)23-20(16)24-10-12-27-13-11-24/h1-9,14,16,19H,10-13H2. The lowest BCUT2D eigenvalue weighted by Crippen LogP contribution is -2.47. The SMILES string of the molecule is O=CC1C(N2CCOCC2)=Nc2nc3ccccc3n2C1c1ccccc1. The van der Waals surface area contributed by atoms with Crippen LogP contribution in [0.15, 0.2) is 59.6 Å². The predicted octanol–water partition coefficient (Wildman–Crippen LogP) is 2.82. The van der Waals surface area contributed by atoms with Gasteiger partial charge in [-0.15, -0.1) is 0 Å². The Morgan fingerprint density at radius 1 is 1.00 bits per heavy atom. The summed E-state index contributed by atoms with van der Waals surface area (Å²) < 4.78 is 7.59. The zero-order chi connectivity index (χ0) is 18.2. The molecule has 1 saturated heterocycles. The van der Waals surface area contributed by atoms with Gasteiger partial charge in [0.05, 0.1) is 36.2 Å². The van der Waals surface area contributed by atoms with Crippen LogP contribution in [0.5, 0.6) is 0 Å². The molecule has 0 saturated carbocycles. The highest BCUT2D eigenvalue weighted by Gasteiger charge is 2.38. The summed E-state index contributed by atoms with van der Waals surface area (Å²) >= 11 is 0. The van der Waals surface area contributed by atoms with Gasteiger partial charge in [0.1, 0.15) is 12.1 Å². The van der Waals surface area contributed by atoms with Crippen molar-refractivity contribution in [3.8, 4) is 0 Å². The Hall–Kier alpha value is -2.99. The minimum Gasteiger partial charge on any atom is -0.378 e. The molecule has 0 spiro atoms. The molecule has 0 N–H and O–H groups in total. The van der Waals surface area contributed by atoms with Crippen LogP contribution in [0.2, 0.25) is 0 Å². The predicted molar refractivity (Wildman–Crippen MR) is 103 cm³/mol. The minimum absolute atomic E-state index is 0.165. The zero-order valence-corrected chi connectivity index (χ0v) is 14.9. The fourth-order valence-corrected chi connectivity index (χ4v) is 4.08. The van der Waals surface area contributed by atoms with Crippen LogP contribution in [-0.4, -0.2) is 52.9 Å². The van der Waals surface area contributed by atoms with Crippen LogP contribution >= 0.6 is 0 Å². The smallest absolute Gasteiger partial charge is 0.232 e. The highest BCUT2D eigenvalue weighted by molar-refractivity contribution is 6.00. The molecule has 5 rings (SSSR count). The van der Waals surface area contributed by atoms with Crippen molar-refractivity contribution in [3.05, 3.63) is 60.2 Å². The van der Waals surface area contributed by atoms with Crippen molar-refractivity contribution in [2.24, 2.45) is 10.9 Å². The second-order valence-electron chi connectivity index (χ2n) is 6.86. The molecule has 27 heavy (non-hydrogen) atoms. The van der Waals surface area contributed by atoms with Crippen LogP contribution < -0.4 is 0 Å². The molecule has 1 aromatic heterocycles. The Kier molecular flexibility index (Phi) is 3.98. The lowest BCUT2D eigenvalue weighted by molar-refractivity contribution is -0.110. The van der Waals surface area contributed by atoms with Crippen molar-refractivity contribution < 1.29 is 9.53 Å². The van der Waals surface area contributed by atoms with E-state index in [1.807, 2.05) is 42.5 Å². The summed E-state index contributed by atoms with van der Waals surface area (Å²) in [5.41, 5.74) is 2.97. The number of aldehydes is 1. The van der Waals surface area contributed by atoms with Crippen LogP contribution in [0.1, 0.15) is 11.6 Å². The van der Waals surface area contributed by atoms with E-state index in [-0.39, 0.29) is 12.0 Å². The average Bonchev–Trinajstić information content (AvgIpc) is 3.12. The number of rotatable bonds is 2. The van der Waals surface area contributed by atoms with Crippen LogP contribution in [0.3, 0.4) is 0 Å². The first-order valence-corrected chi connectivity index (χ1v) is 9.25. The molecule has 2 unspecified atom stereocenters. The summed E-state index contributed by atoms with van der Waals surface area (Å²) in [6, 6.07) is 18.0. The van der Waals surface area contributed by atoms with Gasteiger partial charge in [-0.2, -0.15) is 4.99 Å². The second kappa shape index (κ2) is 6.63. The third-order valence-corrected chi connectivity index (χ3v) is 5.33. The molecule has 0 amide bonds. The van der Waals surface area contributed by atoms with Crippen molar-refractivity contribution >= 4 is 29.1 Å². The van der Waals surface area contributed by atoms with E-state index < -0.39 is 0 Å². The molecule has 1 fully saturated rings. The molecule has 0 radical (unpaired) electrons. The lowest BCUT2D eigenvalue weighted by Gasteiger charge is -2.38. The summed E-state index contributed by atoms with van der Waals surface area (Å²) in [6.07, 6.45) is 1.03. The molecular weight excluding hydrogens is 340 g/mol. The van der Waals surface area contributed by atoms with E-state index in [9.17, 15) is 4.79 Å². The van der Waals surface area contributed by atoms with Gasteiger partial charge in [-0.05, 0) is 17.7 Å². The summed E-state index contributed by atoms with van der Waals surface area (Å²) in [6.45, 7) is 2.78. The van der Waals surface area contributed by atoms with E-state index in [0.717, 1.165) is 41.8 Å². The number of carbonyl (C=O) groups is 1. The fourth-order valence-electron chi connectivity index (χ4n) is 4.08. The topological polar surface area (TPSA) is 59.7 Å². The Morgan fingerprint density at radius 3 is 2.52 bits per heavy atom. The summed E-state index contributed by atoms with van der Waals surface area (Å²) in [4.78, 5) is 24.0. The first-order valence-electron chi connectivity index (χ1n) is 9.25. The first kappa shape index (κ1) is 16.2. The van der Waals surface area contributed by atoms with Gasteiger partial charge in [-0.25, -0.2) is 4.98 Å². The maximum atomic E-state index is 12.3. The minimum atomic E-state index is -0.365. The normalized spacial score (nSPS) is 22.4. The first-order chi connectivity index (χ1) is 13.4. The third-order valence-electron chi connectivity index (χ3n) is 5.33. The number of carbonyl (C=O) groups excluding carboxylic acids is 1. The molecule has 2 aromatic carbocycles. The van der Waals surface area contributed by atoms with Gasteiger partial charge < -0.3 is 14.4 Å². The number of para-hydroxylation sites is 2. The monoisotopic (exact) mass is 360 g/mol. The molecule has 3 heterocycles. The molecule has 0 bridgehead atoms. The third kappa shape index (κ3) is 2.64. The quantitative estimate of drug-likeness (QED) is 0.660. The largest absolute Gasteiger partial charge is 0.378 e. The highest BCUT2D eigenvalue weighted by Crippen LogP contribution is 2.39. The van der Waals surface area contributed by atoms with Crippen molar-refractivity contribution in [1.82, 2.24) is 14.5 Å². The van der Waals surface area contributed by atoms with Crippen LogP contribution in [0, 0.1) is 5.92 Å². The number of hydrogen-bond acceptors (Lipinski definition) is 5. The van der Waals surface area contributed by atoms with Crippen LogP contribution in [0.4, 0.5) is 5.95 Å². The molecule has 0 aliphatic carbocycles. The number of nitrogens with zero attached hydrogens (tertiary/aromatic N) is 4. The number of benzene rings is 2. The van der Waals surface area contributed by atoms with E-state index in [1.165, 1.54) is 0 Å². The van der Waals surface area contributed by atoms with Crippen LogP contribution in [0.25, 0.3) is 11.0 Å². The molecule has 2 aliphatic rings. The maximum absolute atomic E-state index is 12.3. The van der Waals surface area contributed by atoms with Gasteiger partial charge in [0, 0.05) is 13.1 Å². The summed E-state index contributed by atoms with van der Waals surface area (Å²) in [5, 5.41) is 0. The Labute approximate surface area is 157 Å². The molecule has 136 valence electrons. The fraction of sp³-hybridized carbons (Fsp3) is 0.286.